The molecule has 1 aromatic carbocycles. The average molecular weight is 261 g/mol. The number of benzene rings is 1. The van der Waals surface area contributed by atoms with Gasteiger partial charge in [-0.2, -0.15) is 4.80 Å². The molecule has 19 heavy (non-hydrogen) atoms. The van der Waals surface area contributed by atoms with Crippen molar-refractivity contribution in [2.24, 2.45) is 7.05 Å². The van der Waals surface area contributed by atoms with Crippen molar-refractivity contribution in [3.05, 3.63) is 29.8 Å². The molecule has 2 aromatic rings. The molecule has 0 spiro atoms. The number of rotatable bonds is 6. The molecule has 0 aliphatic heterocycles. The van der Waals surface area contributed by atoms with Crippen LogP contribution in [0.25, 0.3) is 0 Å². The summed E-state index contributed by atoms with van der Waals surface area (Å²) >= 11 is 0. The number of Topliss-reactive ketones (excluding diaryl/α,β-unsaturated/α-hetero) is 1. The number of carbonyl (C=O) groups is 1. The van der Waals surface area contributed by atoms with Gasteiger partial charge in [-0.15, -0.1) is 5.10 Å². The summed E-state index contributed by atoms with van der Waals surface area (Å²) in [6, 6.07) is 7.09. The van der Waals surface area contributed by atoms with Crippen LogP contribution in [0.5, 0.6) is 5.75 Å². The molecule has 1 aromatic heterocycles. The first kappa shape index (κ1) is 13.0. The van der Waals surface area contributed by atoms with Crippen molar-refractivity contribution in [2.75, 3.05) is 19.0 Å². The van der Waals surface area contributed by atoms with E-state index in [1.807, 2.05) is 0 Å². The molecule has 0 aliphatic rings. The molecule has 0 amide bonds. The molecule has 0 aliphatic carbocycles. The van der Waals surface area contributed by atoms with Gasteiger partial charge in [-0.1, -0.05) is 17.2 Å². The van der Waals surface area contributed by atoms with Gasteiger partial charge in [0.2, 0.25) is 0 Å². The molecular formula is C12H15N5O2. The van der Waals surface area contributed by atoms with Crippen molar-refractivity contribution >= 4 is 11.7 Å². The Morgan fingerprint density at radius 1 is 1.47 bits per heavy atom. The van der Waals surface area contributed by atoms with E-state index in [2.05, 4.69) is 20.7 Å². The van der Waals surface area contributed by atoms with Crippen LogP contribution in [-0.4, -0.2) is 39.6 Å². The molecule has 2 rings (SSSR count). The van der Waals surface area contributed by atoms with E-state index in [4.69, 9.17) is 4.74 Å². The van der Waals surface area contributed by atoms with Crippen molar-refractivity contribution in [1.29, 1.82) is 0 Å². The number of hydrogen-bond acceptors (Lipinski definition) is 6. The van der Waals surface area contributed by atoms with Gasteiger partial charge in [-0.25, -0.2) is 0 Å². The van der Waals surface area contributed by atoms with E-state index in [-0.39, 0.29) is 5.78 Å². The molecule has 0 bridgehead atoms. The second-order valence-corrected chi connectivity index (χ2v) is 3.93. The Morgan fingerprint density at radius 3 is 3.00 bits per heavy atom. The third kappa shape index (κ3) is 3.51. The summed E-state index contributed by atoms with van der Waals surface area (Å²) in [5.41, 5.74) is 0.633. The standard InChI is InChI=1S/C12H15N5O2/c1-17-15-12(14-16-17)13-7-6-11(18)9-4-3-5-10(8-9)19-2/h3-5,8H,6-7H2,1-2H3,(H,13,15). The highest BCUT2D eigenvalue weighted by molar-refractivity contribution is 5.96. The molecule has 7 heteroatoms. The zero-order valence-corrected chi connectivity index (χ0v) is 10.8. The average Bonchev–Trinajstić information content (AvgIpc) is 2.84. The molecule has 100 valence electrons. The third-order valence-electron chi connectivity index (χ3n) is 2.54. The van der Waals surface area contributed by atoms with Crippen molar-refractivity contribution in [3.8, 4) is 5.75 Å². The van der Waals surface area contributed by atoms with Crippen LogP contribution in [0.15, 0.2) is 24.3 Å². The smallest absolute Gasteiger partial charge is 0.263 e. The normalized spacial score (nSPS) is 10.2. The number of anilines is 1. The first-order chi connectivity index (χ1) is 9.19. The van der Waals surface area contributed by atoms with E-state index in [0.717, 1.165) is 0 Å². The Balaban J connectivity index is 1.87. The topological polar surface area (TPSA) is 81.9 Å². The van der Waals surface area contributed by atoms with Crippen LogP contribution < -0.4 is 10.1 Å². The highest BCUT2D eigenvalue weighted by Gasteiger charge is 2.07. The van der Waals surface area contributed by atoms with Gasteiger partial charge in [-0.05, 0) is 17.3 Å². The van der Waals surface area contributed by atoms with Gasteiger partial charge >= 0.3 is 0 Å². The fourth-order valence-corrected chi connectivity index (χ4v) is 1.58. The number of methoxy groups -OCH3 is 1. The minimum Gasteiger partial charge on any atom is -0.497 e. The summed E-state index contributed by atoms with van der Waals surface area (Å²) in [6.45, 7) is 0.460. The largest absolute Gasteiger partial charge is 0.497 e. The Hall–Kier alpha value is -2.44. The van der Waals surface area contributed by atoms with Crippen LogP contribution in [0.4, 0.5) is 5.95 Å². The van der Waals surface area contributed by atoms with Crippen molar-refractivity contribution in [2.45, 2.75) is 6.42 Å². The first-order valence-corrected chi connectivity index (χ1v) is 5.84. The lowest BCUT2D eigenvalue weighted by Crippen LogP contribution is -2.10. The lowest BCUT2D eigenvalue weighted by Gasteiger charge is -2.04. The Labute approximate surface area is 110 Å². The lowest BCUT2D eigenvalue weighted by molar-refractivity contribution is 0.0986. The number of nitrogens with one attached hydrogen (secondary N) is 1. The summed E-state index contributed by atoms with van der Waals surface area (Å²) < 4.78 is 5.08. The van der Waals surface area contributed by atoms with Gasteiger partial charge in [0.25, 0.3) is 5.95 Å². The number of carbonyl (C=O) groups excluding carboxylic acids is 1. The predicted octanol–water partition coefficient (Wildman–Crippen LogP) is 0.904. The Kier molecular flexibility index (Phi) is 4.07. The molecule has 0 saturated carbocycles. The second kappa shape index (κ2) is 5.94. The zero-order chi connectivity index (χ0) is 13.7. The SMILES string of the molecule is COc1cccc(C(=O)CCNc2nnn(C)n2)c1. The maximum absolute atomic E-state index is 12.0. The van der Waals surface area contributed by atoms with Gasteiger partial charge in [0.05, 0.1) is 14.2 Å². The number of hydrogen-bond donors (Lipinski definition) is 1. The van der Waals surface area contributed by atoms with E-state index in [9.17, 15) is 4.79 Å². The molecule has 0 atom stereocenters. The maximum atomic E-state index is 12.0. The summed E-state index contributed by atoms with van der Waals surface area (Å²) in [4.78, 5) is 13.3. The van der Waals surface area contributed by atoms with E-state index in [1.54, 1.807) is 38.4 Å². The number of tetrazole rings is 1. The van der Waals surface area contributed by atoms with Gasteiger partial charge < -0.3 is 10.1 Å². The van der Waals surface area contributed by atoms with Crippen molar-refractivity contribution < 1.29 is 9.53 Å². The van der Waals surface area contributed by atoms with E-state index in [0.29, 0.717) is 30.2 Å². The van der Waals surface area contributed by atoms with Crippen LogP contribution in [-0.2, 0) is 7.05 Å². The van der Waals surface area contributed by atoms with Crippen LogP contribution >= 0.6 is 0 Å². The molecule has 0 radical (unpaired) electrons. The van der Waals surface area contributed by atoms with Crippen LogP contribution in [0.1, 0.15) is 16.8 Å². The second-order valence-electron chi connectivity index (χ2n) is 3.93. The molecule has 0 fully saturated rings. The van der Waals surface area contributed by atoms with E-state index < -0.39 is 0 Å². The van der Waals surface area contributed by atoms with Crippen LogP contribution in [0.2, 0.25) is 0 Å². The monoisotopic (exact) mass is 261 g/mol. The summed E-state index contributed by atoms with van der Waals surface area (Å²) in [7, 11) is 3.25. The van der Waals surface area contributed by atoms with Gasteiger partial charge in [-0.3, -0.25) is 4.79 Å². The highest BCUT2D eigenvalue weighted by Crippen LogP contribution is 2.13. The molecule has 1 heterocycles. The minimum atomic E-state index is 0.0373. The van der Waals surface area contributed by atoms with Gasteiger partial charge in [0, 0.05) is 18.5 Å². The highest BCUT2D eigenvalue weighted by atomic mass is 16.5. The number of nitrogens with zero attached hydrogens (tertiary/aromatic N) is 4. The van der Waals surface area contributed by atoms with E-state index in [1.165, 1.54) is 4.80 Å². The fourth-order valence-electron chi connectivity index (χ4n) is 1.58. The third-order valence-corrected chi connectivity index (χ3v) is 2.54. The molecule has 0 saturated heterocycles. The summed E-state index contributed by atoms with van der Waals surface area (Å²) in [5.74, 6) is 1.13. The lowest BCUT2D eigenvalue weighted by atomic mass is 10.1. The number of aryl methyl sites for hydroxylation is 1. The summed E-state index contributed by atoms with van der Waals surface area (Å²) in [5, 5.41) is 14.4. The molecule has 1 N–H and O–H groups in total. The van der Waals surface area contributed by atoms with Gasteiger partial charge in [0.1, 0.15) is 5.75 Å². The fraction of sp³-hybridized carbons (Fsp3) is 0.333. The first-order valence-electron chi connectivity index (χ1n) is 5.84. The molecule has 0 unspecified atom stereocenters. The van der Waals surface area contributed by atoms with E-state index >= 15 is 0 Å². The van der Waals surface area contributed by atoms with Crippen molar-refractivity contribution in [3.63, 3.8) is 0 Å². The molecule has 7 nitrogen and oxygen atoms in total. The number of ketones is 1. The zero-order valence-electron chi connectivity index (χ0n) is 10.8. The van der Waals surface area contributed by atoms with Crippen LogP contribution in [0, 0.1) is 0 Å². The molecular weight excluding hydrogens is 246 g/mol. The summed E-state index contributed by atoms with van der Waals surface area (Å²) in [6.07, 6.45) is 0.353. The quantitative estimate of drug-likeness (QED) is 0.778. The predicted molar refractivity (Wildman–Crippen MR) is 69.2 cm³/mol. The van der Waals surface area contributed by atoms with Gasteiger partial charge in [0.15, 0.2) is 5.78 Å². The number of aromatic nitrogens is 4. The Morgan fingerprint density at radius 2 is 2.32 bits per heavy atom. The van der Waals surface area contributed by atoms with Crippen molar-refractivity contribution in [1.82, 2.24) is 20.2 Å². The van der Waals surface area contributed by atoms with Crippen LogP contribution in [0.3, 0.4) is 0 Å². The maximum Gasteiger partial charge on any atom is 0.263 e. The minimum absolute atomic E-state index is 0.0373. The Bertz CT molecular complexity index is 567. The number of ether oxygens (including phenoxy) is 1.